The first-order chi connectivity index (χ1) is 7.29. The summed E-state index contributed by atoms with van der Waals surface area (Å²) in [5, 5.41) is 1.63. The molecule has 90 valence electrons. The van der Waals surface area contributed by atoms with Crippen LogP contribution in [0.3, 0.4) is 0 Å². The number of nitrogens with two attached hydrogens (primary N) is 1. The van der Waals surface area contributed by atoms with Crippen LogP contribution in [0.25, 0.3) is 0 Å². The van der Waals surface area contributed by atoms with Crippen LogP contribution in [0.5, 0.6) is 0 Å². The number of nitrogens with zero attached hydrogens (tertiary/aromatic N) is 2. The molecule has 0 aromatic carbocycles. The molecule has 1 rings (SSSR count). The van der Waals surface area contributed by atoms with E-state index in [-0.39, 0.29) is 17.4 Å². The highest BCUT2D eigenvalue weighted by atomic mass is 32.1. The summed E-state index contributed by atoms with van der Waals surface area (Å²) in [6.07, 6.45) is -5.30. The zero-order valence-electron chi connectivity index (χ0n) is 8.41. The van der Waals surface area contributed by atoms with Crippen LogP contribution in [0.4, 0.5) is 18.3 Å². The highest BCUT2D eigenvalue weighted by molar-refractivity contribution is 7.13. The van der Waals surface area contributed by atoms with E-state index >= 15 is 0 Å². The molecule has 0 aliphatic carbocycles. The van der Waals surface area contributed by atoms with Crippen LogP contribution in [0.2, 0.25) is 0 Å². The van der Waals surface area contributed by atoms with Crippen LogP contribution in [0.1, 0.15) is 16.9 Å². The Hall–Kier alpha value is -1.31. The van der Waals surface area contributed by atoms with Gasteiger partial charge in [0.05, 0.1) is 6.42 Å². The number of anilines is 1. The fraction of sp³-hybridized carbons (Fsp3) is 0.500. The van der Waals surface area contributed by atoms with Crippen LogP contribution in [-0.2, 0) is 0 Å². The van der Waals surface area contributed by atoms with Gasteiger partial charge in [0.2, 0.25) is 0 Å². The standard InChI is InChI=1S/C8H10F3N3OS/c1-14(3-2-8(9,10)11)6(15)5-4-16-7(12)13-5/h4H,2-3H2,1H3,(H2,12,13). The first-order valence-electron chi connectivity index (χ1n) is 4.33. The third-order valence-electron chi connectivity index (χ3n) is 1.82. The second-order valence-electron chi connectivity index (χ2n) is 3.16. The number of amides is 1. The number of alkyl halides is 3. The molecule has 0 aliphatic rings. The van der Waals surface area contributed by atoms with Crippen molar-refractivity contribution in [2.75, 3.05) is 19.3 Å². The van der Waals surface area contributed by atoms with E-state index in [4.69, 9.17) is 5.73 Å². The van der Waals surface area contributed by atoms with Crippen LogP contribution in [0, 0.1) is 0 Å². The van der Waals surface area contributed by atoms with E-state index in [0.29, 0.717) is 0 Å². The predicted octanol–water partition coefficient (Wildman–Crippen LogP) is 1.75. The van der Waals surface area contributed by atoms with Gasteiger partial charge in [0, 0.05) is 19.0 Å². The predicted molar refractivity (Wildman–Crippen MR) is 54.2 cm³/mol. The van der Waals surface area contributed by atoms with Crippen molar-refractivity contribution >= 4 is 22.4 Å². The molecule has 1 aromatic rings. The largest absolute Gasteiger partial charge is 0.390 e. The van der Waals surface area contributed by atoms with Gasteiger partial charge < -0.3 is 10.6 Å². The van der Waals surface area contributed by atoms with Gasteiger partial charge in [0.1, 0.15) is 5.69 Å². The van der Waals surface area contributed by atoms with Crippen molar-refractivity contribution in [3.8, 4) is 0 Å². The third kappa shape index (κ3) is 3.69. The lowest BCUT2D eigenvalue weighted by Crippen LogP contribution is -2.30. The Balaban J connectivity index is 2.55. The SMILES string of the molecule is CN(CCC(F)(F)F)C(=O)c1csc(N)n1. The number of rotatable bonds is 3. The highest BCUT2D eigenvalue weighted by Gasteiger charge is 2.28. The minimum atomic E-state index is -4.27. The van der Waals surface area contributed by atoms with Crippen molar-refractivity contribution in [2.45, 2.75) is 12.6 Å². The summed E-state index contributed by atoms with van der Waals surface area (Å²) in [6, 6.07) is 0. The van der Waals surface area contributed by atoms with E-state index in [1.165, 1.54) is 12.4 Å². The summed E-state index contributed by atoms with van der Waals surface area (Å²) in [5.41, 5.74) is 5.39. The average molecular weight is 253 g/mol. The maximum Gasteiger partial charge on any atom is 0.390 e. The molecule has 1 aromatic heterocycles. The lowest BCUT2D eigenvalue weighted by Gasteiger charge is -2.16. The zero-order valence-corrected chi connectivity index (χ0v) is 9.23. The Morgan fingerprint density at radius 2 is 2.25 bits per heavy atom. The maximum absolute atomic E-state index is 11.9. The van der Waals surface area contributed by atoms with Gasteiger partial charge in [-0.1, -0.05) is 0 Å². The van der Waals surface area contributed by atoms with Gasteiger partial charge in [-0.3, -0.25) is 4.79 Å². The van der Waals surface area contributed by atoms with Gasteiger partial charge in [-0.15, -0.1) is 11.3 Å². The molecule has 0 unspecified atom stereocenters. The normalized spacial score (nSPS) is 11.5. The van der Waals surface area contributed by atoms with Crippen LogP contribution in [-0.4, -0.2) is 35.6 Å². The Bertz CT molecular complexity index is 377. The van der Waals surface area contributed by atoms with Crippen molar-refractivity contribution in [2.24, 2.45) is 0 Å². The topological polar surface area (TPSA) is 59.2 Å². The molecule has 0 saturated carbocycles. The van der Waals surface area contributed by atoms with Crippen molar-refractivity contribution in [3.05, 3.63) is 11.1 Å². The third-order valence-corrected chi connectivity index (χ3v) is 2.49. The summed E-state index contributed by atoms with van der Waals surface area (Å²) in [7, 11) is 1.30. The molecule has 16 heavy (non-hydrogen) atoms. The Kier molecular flexibility index (Phi) is 3.74. The summed E-state index contributed by atoms with van der Waals surface area (Å²) < 4.78 is 35.7. The Morgan fingerprint density at radius 3 is 2.69 bits per heavy atom. The zero-order chi connectivity index (χ0) is 12.3. The van der Waals surface area contributed by atoms with Crippen molar-refractivity contribution in [3.63, 3.8) is 0 Å². The van der Waals surface area contributed by atoms with Crippen molar-refractivity contribution in [1.29, 1.82) is 0 Å². The average Bonchev–Trinajstić information content (AvgIpc) is 2.59. The van der Waals surface area contributed by atoms with E-state index < -0.39 is 18.5 Å². The van der Waals surface area contributed by atoms with E-state index in [9.17, 15) is 18.0 Å². The smallest absolute Gasteiger partial charge is 0.375 e. The quantitative estimate of drug-likeness (QED) is 0.892. The first-order valence-corrected chi connectivity index (χ1v) is 5.21. The minimum absolute atomic E-state index is 0.0761. The molecular weight excluding hydrogens is 243 g/mol. The molecule has 0 spiro atoms. The molecule has 0 fully saturated rings. The highest BCUT2D eigenvalue weighted by Crippen LogP contribution is 2.20. The van der Waals surface area contributed by atoms with Crippen molar-refractivity contribution < 1.29 is 18.0 Å². The fourth-order valence-electron chi connectivity index (χ4n) is 0.977. The second-order valence-corrected chi connectivity index (χ2v) is 4.05. The summed E-state index contributed by atoms with van der Waals surface area (Å²) in [6.45, 7) is -0.389. The number of halogens is 3. The van der Waals surface area contributed by atoms with Gasteiger partial charge in [-0.05, 0) is 0 Å². The van der Waals surface area contributed by atoms with Crippen LogP contribution < -0.4 is 5.73 Å². The minimum Gasteiger partial charge on any atom is -0.375 e. The molecule has 8 heteroatoms. The Labute approximate surface area is 93.9 Å². The number of hydrogen-bond donors (Lipinski definition) is 1. The summed E-state index contributed by atoms with van der Waals surface area (Å²) in [4.78, 5) is 16.2. The number of aromatic nitrogens is 1. The van der Waals surface area contributed by atoms with Gasteiger partial charge in [0.25, 0.3) is 5.91 Å². The summed E-state index contributed by atoms with van der Waals surface area (Å²) in [5.74, 6) is -0.558. The molecule has 0 saturated heterocycles. The molecule has 0 atom stereocenters. The van der Waals surface area contributed by atoms with E-state index in [2.05, 4.69) is 4.98 Å². The van der Waals surface area contributed by atoms with Gasteiger partial charge >= 0.3 is 6.18 Å². The lowest BCUT2D eigenvalue weighted by molar-refractivity contribution is -0.136. The lowest BCUT2D eigenvalue weighted by atomic mass is 10.3. The number of hydrogen-bond acceptors (Lipinski definition) is 4. The van der Waals surface area contributed by atoms with E-state index in [1.807, 2.05) is 0 Å². The molecule has 4 nitrogen and oxygen atoms in total. The number of carbonyl (C=O) groups is 1. The molecule has 2 N–H and O–H groups in total. The molecule has 0 radical (unpaired) electrons. The number of carbonyl (C=O) groups excluding carboxylic acids is 1. The fourth-order valence-corrected chi connectivity index (χ4v) is 1.51. The van der Waals surface area contributed by atoms with Crippen LogP contribution in [0.15, 0.2) is 5.38 Å². The monoisotopic (exact) mass is 253 g/mol. The molecular formula is C8H10F3N3OS. The van der Waals surface area contributed by atoms with Gasteiger partial charge in [-0.25, -0.2) is 4.98 Å². The number of thiazole rings is 1. The molecule has 0 aliphatic heterocycles. The number of nitrogen functional groups attached to an aromatic ring is 1. The molecule has 1 amide bonds. The maximum atomic E-state index is 11.9. The first kappa shape index (κ1) is 12.8. The molecule has 0 bridgehead atoms. The van der Waals surface area contributed by atoms with Gasteiger partial charge in [0.15, 0.2) is 5.13 Å². The van der Waals surface area contributed by atoms with Crippen molar-refractivity contribution in [1.82, 2.24) is 9.88 Å². The second kappa shape index (κ2) is 4.69. The summed E-state index contributed by atoms with van der Waals surface area (Å²) >= 11 is 1.07. The van der Waals surface area contributed by atoms with E-state index in [1.54, 1.807) is 0 Å². The van der Waals surface area contributed by atoms with E-state index in [0.717, 1.165) is 16.2 Å². The van der Waals surface area contributed by atoms with Crippen LogP contribution >= 0.6 is 11.3 Å². The van der Waals surface area contributed by atoms with Gasteiger partial charge in [-0.2, -0.15) is 13.2 Å². The molecule has 1 heterocycles. The Morgan fingerprint density at radius 1 is 1.62 bits per heavy atom.